The minimum atomic E-state index is 0.231. The van der Waals surface area contributed by atoms with Crippen LogP contribution < -0.4 is 10.1 Å². The first kappa shape index (κ1) is 12.0. The third-order valence-electron chi connectivity index (χ3n) is 2.25. The quantitative estimate of drug-likeness (QED) is 0.745. The van der Waals surface area contributed by atoms with Crippen LogP contribution in [0.25, 0.3) is 0 Å². The third-order valence-corrected chi connectivity index (χ3v) is 2.25. The van der Waals surface area contributed by atoms with E-state index < -0.39 is 0 Å². The molecule has 0 fully saturated rings. The summed E-state index contributed by atoms with van der Waals surface area (Å²) in [6.45, 7) is 6.08. The molecule has 0 spiro atoms. The van der Waals surface area contributed by atoms with Crippen molar-refractivity contribution in [2.24, 2.45) is 0 Å². The SMILES string of the molecule is CCCn1cc(OC(CC)CNC)cn1. The van der Waals surface area contributed by atoms with E-state index in [1.165, 1.54) is 0 Å². The summed E-state index contributed by atoms with van der Waals surface area (Å²) in [6, 6.07) is 0. The number of nitrogens with one attached hydrogen (secondary N) is 1. The predicted molar refractivity (Wildman–Crippen MR) is 61.2 cm³/mol. The molecule has 1 aromatic rings. The van der Waals surface area contributed by atoms with E-state index in [1.54, 1.807) is 6.20 Å². The van der Waals surface area contributed by atoms with Crippen molar-refractivity contribution >= 4 is 0 Å². The number of likely N-dealkylation sites (N-methyl/N-ethyl adjacent to an activating group) is 1. The van der Waals surface area contributed by atoms with Gasteiger partial charge in [-0.05, 0) is 19.9 Å². The van der Waals surface area contributed by atoms with Crippen LogP contribution in [0.2, 0.25) is 0 Å². The van der Waals surface area contributed by atoms with E-state index in [-0.39, 0.29) is 6.10 Å². The summed E-state index contributed by atoms with van der Waals surface area (Å²) in [5.41, 5.74) is 0. The number of ether oxygens (including phenoxy) is 1. The molecule has 0 bridgehead atoms. The van der Waals surface area contributed by atoms with Gasteiger partial charge in [-0.15, -0.1) is 0 Å². The normalized spacial score (nSPS) is 12.7. The van der Waals surface area contributed by atoms with Gasteiger partial charge in [-0.25, -0.2) is 0 Å². The molecular formula is C11H21N3O. The Morgan fingerprint density at radius 3 is 2.93 bits per heavy atom. The summed E-state index contributed by atoms with van der Waals surface area (Å²) in [4.78, 5) is 0. The van der Waals surface area contributed by atoms with E-state index in [0.717, 1.165) is 31.7 Å². The zero-order valence-electron chi connectivity index (χ0n) is 9.86. The number of nitrogens with zero attached hydrogens (tertiary/aromatic N) is 2. The van der Waals surface area contributed by atoms with Crippen molar-refractivity contribution in [3.8, 4) is 5.75 Å². The average Bonchev–Trinajstić information content (AvgIpc) is 2.66. The fourth-order valence-corrected chi connectivity index (χ4v) is 1.45. The lowest BCUT2D eigenvalue weighted by Crippen LogP contribution is -2.28. The van der Waals surface area contributed by atoms with Crippen molar-refractivity contribution in [2.45, 2.75) is 39.3 Å². The molecule has 0 aliphatic rings. The lowest BCUT2D eigenvalue weighted by atomic mass is 10.3. The first-order chi connectivity index (χ1) is 7.30. The molecule has 0 saturated heterocycles. The monoisotopic (exact) mass is 211 g/mol. The fourth-order valence-electron chi connectivity index (χ4n) is 1.45. The van der Waals surface area contributed by atoms with Crippen LogP contribution in [0, 0.1) is 0 Å². The maximum Gasteiger partial charge on any atom is 0.157 e. The molecule has 0 aliphatic carbocycles. The van der Waals surface area contributed by atoms with Crippen molar-refractivity contribution in [3.63, 3.8) is 0 Å². The van der Waals surface area contributed by atoms with Crippen LogP contribution in [-0.2, 0) is 6.54 Å². The van der Waals surface area contributed by atoms with Gasteiger partial charge in [-0.3, -0.25) is 4.68 Å². The second-order valence-corrected chi connectivity index (χ2v) is 3.64. The highest BCUT2D eigenvalue weighted by Crippen LogP contribution is 2.12. The van der Waals surface area contributed by atoms with Gasteiger partial charge < -0.3 is 10.1 Å². The van der Waals surface area contributed by atoms with Crippen LogP contribution >= 0.6 is 0 Å². The lowest BCUT2D eigenvalue weighted by Gasteiger charge is -2.15. The van der Waals surface area contributed by atoms with E-state index in [4.69, 9.17) is 4.74 Å². The predicted octanol–water partition coefficient (Wildman–Crippen LogP) is 1.67. The van der Waals surface area contributed by atoms with Crippen LogP contribution in [-0.4, -0.2) is 29.5 Å². The molecule has 4 heteroatoms. The molecule has 0 aliphatic heterocycles. The van der Waals surface area contributed by atoms with Gasteiger partial charge in [0.05, 0.1) is 12.4 Å². The highest BCUT2D eigenvalue weighted by molar-refractivity contribution is 5.12. The molecule has 1 N–H and O–H groups in total. The zero-order valence-corrected chi connectivity index (χ0v) is 9.86. The van der Waals surface area contributed by atoms with Gasteiger partial charge in [0.25, 0.3) is 0 Å². The molecule has 0 amide bonds. The van der Waals surface area contributed by atoms with Gasteiger partial charge in [-0.1, -0.05) is 13.8 Å². The molecule has 15 heavy (non-hydrogen) atoms. The third kappa shape index (κ3) is 3.91. The fraction of sp³-hybridized carbons (Fsp3) is 0.727. The van der Waals surface area contributed by atoms with Gasteiger partial charge >= 0.3 is 0 Å². The zero-order chi connectivity index (χ0) is 11.1. The van der Waals surface area contributed by atoms with Crippen LogP contribution in [0.5, 0.6) is 5.75 Å². The summed E-state index contributed by atoms with van der Waals surface area (Å²) in [5.74, 6) is 0.866. The second-order valence-electron chi connectivity index (χ2n) is 3.64. The number of hydrogen-bond donors (Lipinski definition) is 1. The van der Waals surface area contributed by atoms with Crippen LogP contribution in [0.3, 0.4) is 0 Å². The summed E-state index contributed by atoms with van der Waals surface area (Å²) >= 11 is 0. The second kappa shape index (κ2) is 6.45. The van der Waals surface area contributed by atoms with Crippen molar-refractivity contribution in [1.29, 1.82) is 0 Å². The molecule has 86 valence electrons. The first-order valence-corrected chi connectivity index (χ1v) is 5.63. The molecule has 1 aromatic heterocycles. The van der Waals surface area contributed by atoms with E-state index in [9.17, 15) is 0 Å². The standard InChI is InChI=1S/C11H21N3O/c1-4-6-14-9-11(8-13-14)15-10(5-2)7-12-3/h8-10,12H,4-7H2,1-3H3. The van der Waals surface area contributed by atoms with Gasteiger partial charge in [0.2, 0.25) is 0 Å². The average molecular weight is 211 g/mol. The van der Waals surface area contributed by atoms with Crippen molar-refractivity contribution in [2.75, 3.05) is 13.6 Å². The van der Waals surface area contributed by atoms with Gasteiger partial charge in [0, 0.05) is 13.1 Å². The number of aryl methyl sites for hydroxylation is 1. The summed E-state index contributed by atoms with van der Waals surface area (Å²) in [6.07, 6.45) is 6.07. The number of rotatable bonds is 7. The number of aromatic nitrogens is 2. The Morgan fingerprint density at radius 2 is 2.33 bits per heavy atom. The Balaban J connectivity index is 2.47. The molecule has 0 saturated carbocycles. The van der Waals surface area contributed by atoms with Crippen LogP contribution in [0.15, 0.2) is 12.4 Å². The first-order valence-electron chi connectivity index (χ1n) is 5.63. The maximum absolute atomic E-state index is 5.79. The Labute approximate surface area is 91.6 Å². The van der Waals surface area contributed by atoms with E-state index in [0.29, 0.717) is 0 Å². The smallest absolute Gasteiger partial charge is 0.157 e. The Kier molecular flexibility index (Phi) is 5.18. The van der Waals surface area contributed by atoms with Gasteiger partial charge in [0.15, 0.2) is 5.75 Å². The Bertz CT molecular complexity index is 273. The molecular weight excluding hydrogens is 190 g/mol. The topological polar surface area (TPSA) is 39.1 Å². The Hall–Kier alpha value is -1.03. The molecule has 1 rings (SSSR count). The highest BCUT2D eigenvalue weighted by Gasteiger charge is 2.07. The maximum atomic E-state index is 5.79. The van der Waals surface area contributed by atoms with Crippen LogP contribution in [0.1, 0.15) is 26.7 Å². The van der Waals surface area contributed by atoms with Crippen molar-refractivity contribution in [1.82, 2.24) is 15.1 Å². The molecule has 1 atom stereocenters. The largest absolute Gasteiger partial charge is 0.486 e. The molecule has 1 heterocycles. The molecule has 0 radical (unpaired) electrons. The molecule has 4 nitrogen and oxygen atoms in total. The summed E-state index contributed by atoms with van der Waals surface area (Å²) in [7, 11) is 1.94. The summed E-state index contributed by atoms with van der Waals surface area (Å²) in [5, 5.41) is 7.34. The summed E-state index contributed by atoms with van der Waals surface area (Å²) < 4.78 is 7.70. The highest BCUT2D eigenvalue weighted by atomic mass is 16.5. The van der Waals surface area contributed by atoms with E-state index in [2.05, 4.69) is 24.3 Å². The van der Waals surface area contributed by atoms with Gasteiger partial charge in [0.1, 0.15) is 6.10 Å². The minimum absolute atomic E-state index is 0.231. The van der Waals surface area contributed by atoms with E-state index in [1.807, 2.05) is 17.9 Å². The molecule has 0 aromatic carbocycles. The Morgan fingerprint density at radius 1 is 1.53 bits per heavy atom. The van der Waals surface area contributed by atoms with E-state index >= 15 is 0 Å². The van der Waals surface area contributed by atoms with Crippen molar-refractivity contribution in [3.05, 3.63) is 12.4 Å². The number of hydrogen-bond acceptors (Lipinski definition) is 3. The van der Waals surface area contributed by atoms with Crippen LogP contribution in [0.4, 0.5) is 0 Å². The lowest BCUT2D eigenvalue weighted by molar-refractivity contribution is 0.196. The molecule has 1 unspecified atom stereocenters. The van der Waals surface area contributed by atoms with Gasteiger partial charge in [-0.2, -0.15) is 5.10 Å². The van der Waals surface area contributed by atoms with Crippen molar-refractivity contribution < 1.29 is 4.74 Å². The minimum Gasteiger partial charge on any atom is -0.486 e.